The first-order chi connectivity index (χ1) is 15.6. The second-order valence-electron chi connectivity index (χ2n) is 7.37. The molecule has 1 heterocycles. The van der Waals surface area contributed by atoms with Gasteiger partial charge in [0.1, 0.15) is 24.0 Å². The third-order valence-corrected chi connectivity index (χ3v) is 5.79. The summed E-state index contributed by atoms with van der Waals surface area (Å²) in [5.41, 5.74) is 2.94. The highest BCUT2D eigenvalue weighted by molar-refractivity contribution is 9.10. The van der Waals surface area contributed by atoms with Gasteiger partial charge >= 0.3 is 0 Å². The van der Waals surface area contributed by atoms with Crippen molar-refractivity contribution in [3.63, 3.8) is 0 Å². The normalized spacial score (nSPS) is 13.9. The molecule has 6 heteroatoms. The van der Waals surface area contributed by atoms with E-state index in [4.69, 9.17) is 4.74 Å². The molecule has 0 spiro atoms. The second kappa shape index (κ2) is 11.4. The summed E-state index contributed by atoms with van der Waals surface area (Å²) in [7, 11) is 0. The van der Waals surface area contributed by atoms with Crippen LogP contribution >= 0.6 is 15.9 Å². The molecular weight excluding hydrogens is 466 g/mol. The van der Waals surface area contributed by atoms with Crippen LogP contribution in [-0.4, -0.2) is 43.6 Å². The van der Waals surface area contributed by atoms with Gasteiger partial charge in [-0.2, -0.15) is 5.26 Å². The lowest BCUT2D eigenvalue weighted by atomic mass is 10.0. The van der Waals surface area contributed by atoms with E-state index in [9.17, 15) is 10.1 Å². The van der Waals surface area contributed by atoms with Gasteiger partial charge in [0.2, 0.25) is 0 Å². The second-order valence-corrected chi connectivity index (χ2v) is 8.22. The van der Waals surface area contributed by atoms with Crippen LogP contribution in [0.25, 0.3) is 6.08 Å². The summed E-state index contributed by atoms with van der Waals surface area (Å²) < 4.78 is 6.52. The van der Waals surface area contributed by atoms with Crippen molar-refractivity contribution in [1.29, 1.82) is 5.26 Å². The number of piperazine rings is 1. The Labute approximate surface area is 198 Å². The van der Waals surface area contributed by atoms with E-state index < -0.39 is 0 Å². The number of halogens is 1. The van der Waals surface area contributed by atoms with Gasteiger partial charge in [0.05, 0.1) is 4.47 Å². The highest BCUT2D eigenvalue weighted by Crippen LogP contribution is 2.32. The molecule has 32 heavy (non-hydrogen) atoms. The fourth-order valence-electron chi connectivity index (χ4n) is 3.65. The molecule has 0 radical (unpaired) electrons. The van der Waals surface area contributed by atoms with Crippen molar-refractivity contribution >= 4 is 33.6 Å². The number of hydrogen-bond donors (Lipinski definition) is 0. The SMILES string of the molecule is C=CCOc1c(Br)cc(/C=C(/C#N)C(=O)N2CCN(c3ccccc3)CC2)cc1CC=C. The number of carbonyl (C=O) groups is 1. The van der Waals surface area contributed by atoms with Gasteiger partial charge < -0.3 is 14.5 Å². The van der Waals surface area contributed by atoms with Crippen LogP contribution < -0.4 is 9.64 Å². The number of rotatable bonds is 8. The fourth-order valence-corrected chi connectivity index (χ4v) is 4.29. The Hall–Kier alpha value is -3.30. The van der Waals surface area contributed by atoms with Crippen LogP contribution in [0.1, 0.15) is 11.1 Å². The standard InChI is InChI=1S/C26H26BrN3O2/c1-3-8-21-16-20(18-24(27)25(21)32-15-4-2)17-22(19-28)26(31)30-13-11-29(12-14-30)23-9-6-5-7-10-23/h3-7,9-10,16-18H,1-2,8,11-15H2/b22-17-. The molecular formula is C26H26BrN3O2. The molecule has 0 atom stereocenters. The largest absolute Gasteiger partial charge is 0.488 e. The summed E-state index contributed by atoms with van der Waals surface area (Å²) >= 11 is 3.55. The molecule has 2 aromatic rings. The number of para-hydroxylation sites is 1. The summed E-state index contributed by atoms with van der Waals surface area (Å²) in [5, 5.41) is 9.69. The molecule has 1 aliphatic rings. The van der Waals surface area contributed by atoms with E-state index >= 15 is 0 Å². The topological polar surface area (TPSA) is 56.6 Å². The van der Waals surface area contributed by atoms with E-state index in [0.717, 1.165) is 34.4 Å². The number of nitrogens with zero attached hydrogens (tertiary/aromatic N) is 3. The van der Waals surface area contributed by atoms with E-state index in [1.165, 1.54) is 0 Å². The Kier molecular flexibility index (Phi) is 8.29. The first-order valence-electron chi connectivity index (χ1n) is 10.5. The average Bonchev–Trinajstić information content (AvgIpc) is 2.82. The van der Waals surface area contributed by atoms with Gasteiger partial charge in [-0.3, -0.25) is 4.79 Å². The molecule has 1 fully saturated rings. The van der Waals surface area contributed by atoms with Gasteiger partial charge in [-0.25, -0.2) is 0 Å². The fraction of sp³-hybridized carbons (Fsp3) is 0.231. The van der Waals surface area contributed by atoms with Crippen molar-refractivity contribution in [2.45, 2.75) is 6.42 Å². The smallest absolute Gasteiger partial charge is 0.264 e. The van der Waals surface area contributed by atoms with Crippen molar-refractivity contribution in [3.05, 3.63) is 88.9 Å². The minimum Gasteiger partial charge on any atom is -0.488 e. The number of ether oxygens (including phenoxy) is 1. The maximum atomic E-state index is 13.0. The predicted molar refractivity (Wildman–Crippen MR) is 133 cm³/mol. The van der Waals surface area contributed by atoms with E-state index in [1.54, 1.807) is 23.1 Å². The lowest BCUT2D eigenvalue weighted by Crippen LogP contribution is -2.49. The van der Waals surface area contributed by atoms with Crippen LogP contribution in [0.4, 0.5) is 5.69 Å². The number of allylic oxidation sites excluding steroid dienone is 1. The Morgan fingerprint density at radius 1 is 1.12 bits per heavy atom. The van der Waals surface area contributed by atoms with Gasteiger partial charge in [0, 0.05) is 31.9 Å². The van der Waals surface area contributed by atoms with Gasteiger partial charge in [0.25, 0.3) is 5.91 Å². The lowest BCUT2D eigenvalue weighted by molar-refractivity contribution is -0.126. The van der Waals surface area contributed by atoms with E-state index in [-0.39, 0.29) is 11.5 Å². The zero-order valence-electron chi connectivity index (χ0n) is 18.0. The zero-order valence-corrected chi connectivity index (χ0v) is 19.6. The van der Waals surface area contributed by atoms with Crippen molar-refractivity contribution in [2.24, 2.45) is 0 Å². The van der Waals surface area contributed by atoms with Crippen LogP contribution in [0.5, 0.6) is 5.75 Å². The lowest BCUT2D eigenvalue weighted by Gasteiger charge is -2.36. The van der Waals surface area contributed by atoms with E-state index in [1.807, 2.05) is 30.3 Å². The summed E-state index contributed by atoms with van der Waals surface area (Å²) in [6, 6.07) is 16.0. The first kappa shape index (κ1) is 23.4. The highest BCUT2D eigenvalue weighted by Gasteiger charge is 2.24. The molecule has 1 amide bonds. The zero-order chi connectivity index (χ0) is 22.9. The number of benzene rings is 2. The molecule has 164 valence electrons. The number of anilines is 1. The molecule has 0 unspecified atom stereocenters. The van der Waals surface area contributed by atoms with Crippen LogP contribution in [0.3, 0.4) is 0 Å². The summed E-state index contributed by atoms with van der Waals surface area (Å²) in [6.07, 6.45) is 5.71. The minimum atomic E-state index is -0.242. The molecule has 3 rings (SSSR count). The van der Waals surface area contributed by atoms with Crippen LogP contribution in [0.2, 0.25) is 0 Å². The molecule has 0 saturated carbocycles. The number of carbonyl (C=O) groups excluding carboxylic acids is 1. The Balaban J connectivity index is 1.77. The van der Waals surface area contributed by atoms with Gasteiger partial charge in [-0.1, -0.05) is 36.9 Å². The number of amides is 1. The van der Waals surface area contributed by atoms with Gasteiger partial charge in [0.15, 0.2) is 0 Å². The van der Waals surface area contributed by atoms with E-state index in [2.05, 4.69) is 52.2 Å². The van der Waals surface area contributed by atoms with Crippen LogP contribution in [0.15, 0.2) is 77.8 Å². The monoisotopic (exact) mass is 491 g/mol. The molecule has 1 aliphatic heterocycles. The van der Waals surface area contributed by atoms with Crippen molar-refractivity contribution in [1.82, 2.24) is 4.90 Å². The first-order valence-corrected chi connectivity index (χ1v) is 11.2. The molecule has 0 aliphatic carbocycles. The molecule has 2 aromatic carbocycles. The summed E-state index contributed by atoms with van der Waals surface area (Å²) in [4.78, 5) is 17.0. The van der Waals surface area contributed by atoms with E-state index in [0.29, 0.717) is 31.9 Å². The Bertz CT molecular complexity index is 1050. The Morgan fingerprint density at radius 3 is 2.47 bits per heavy atom. The molecule has 1 saturated heterocycles. The number of nitriles is 1. The van der Waals surface area contributed by atoms with Crippen molar-refractivity contribution in [3.8, 4) is 11.8 Å². The highest BCUT2D eigenvalue weighted by atomic mass is 79.9. The summed E-state index contributed by atoms with van der Waals surface area (Å²) in [6.45, 7) is 10.5. The van der Waals surface area contributed by atoms with Gasteiger partial charge in [-0.15, -0.1) is 6.58 Å². The summed E-state index contributed by atoms with van der Waals surface area (Å²) in [5.74, 6) is 0.470. The predicted octanol–water partition coefficient (Wildman–Crippen LogP) is 5.00. The third-order valence-electron chi connectivity index (χ3n) is 5.20. The molecule has 0 bridgehead atoms. The molecule has 5 nitrogen and oxygen atoms in total. The van der Waals surface area contributed by atoms with Crippen LogP contribution in [0, 0.1) is 11.3 Å². The maximum absolute atomic E-state index is 13.0. The van der Waals surface area contributed by atoms with Crippen LogP contribution in [-0.2, 0) is 11.2 Å². The average molecular weight is 492 g/mol. The minimum absolute atomic E-state index is 0.120. The van der Waals surface area contributed by atoms with Crippen molar-refractivity contribution in [2.75, 3.05) is 37.7 Å². The molecule has 0 aromatic heterocycles. The Morgan fingerprint density at radius 2 is 1.84 bits per heavy atom. The molecule has 0 N–H and O–H groups in total. The quantitative estimate of drug-likeness (QED) is 0.296. The maximum Gasteiger partial charge on any atom is 0.264 e. The van der Waals surface area contributed by atoms with Gasteiger partial charge in [-0.05, 0) is 63.8 Å². The van der Waals surface area contributed by atoms with Crippen molar-refractivity contribution < 1.29 is 9.53 Å². The number of hydrogen-bond acceptors (Lipinski definition) is 4. The third kappa shape index (κ3) is 5.68.